The van der Waals surface area contributed by atoms with Crippen LogP contribution in [0.15, 0.2) is 24.3 Å². The lowest BCUT2D eigenvalue weighted by molar-refractivity contribution is 0.458. The first kappa shape index (κ1) is 18.2. The van der Waals surface area contributed by atoms with Crippen LogP contribution in [-0.2, 0) is 6.42 Å². The lowest BCUT2D eigenvalue weighted by atomic mass is 9.99. The van der Waals surface area contributed by atoms with E-state index in [1.807, 2.05) is 12.1 Å². The molecule has 0 spiro atoms. The molecule has 1 N–H and O–H groups in total. The summed E-state index contributed by atoms with van der Waals surface area (Å²) in [6.45, 7) is 5.42. The van der Waals surface area contributed by atoms with E-state index < -0.39 is 0 Å². The molecule has 0 heterocycles. The van der Waals surface area contributed by atoms with Crippen molar-refractivity contribution in [2.45, 2.75) is 77.7 Å². The van der Waals surface area contributed by atoms with Gasteiger partial charge in [-0.2, -0.15) is 0 Å². The second-order valence-corrected chi connectivity index (χ2v) is 6.00. The minimum Gasteiger partial charge on any atom is -0.314 e. The molecule has 1 nitrogen and oxygen atoms in total. The van der Waals surface area contributed by atoms with Crippen LogP contribution in [0.2, 0.25) is 0 Å². The van der Waals surface area contributed by atoms with Gasteiger partial charge in [-0.3, -0.25) is 0 Å². The third kappa shape index (κ3) is 8.87. The third-order valence-corrected chi connectivity index (χ3v) is 4.04. The average Bonchev–Trinajstić information content (AvgIpc) is 2.49. The number of hydrogen-bond donors (Lipinski definition) is 1. The fraction of sp³-hybridized carbons (Fsp3) is 0.684. The lowest BCUT2D eigenvalue weighted by Gasteiger charge is -2.18. The predicted octanol–water partition coefficient (Wildman–Crippen LogP) is 5.49. The zero-order valence-electron chi connectivity index (χ0n) is 13.8. The van der Waals surface area contributed by atoms with Crippen LogP contribution >= 0.6 is 0 Å². The molecule has 1 atom stereocenters. The fourth-order valence-corrected chi connectivity index (χ4v) is 2.82. The quantitative estimate of drug-likeness (QED) is 0.503. The van der Waals surface area contributed by atoms with E-state index in [2.05, 4.69) is 19.2 Å². The standard InChI is InChI=1S/C19H32FN/c1-3-5-6-7-8-9-10-11-19(21-4-2)16-17-12-14-18(20)15-13-17/h12-15,19,21H,3-11,16H2,1-2H3. The summed E-state index contributed by atoms with van der Waals surface area (Å²) in [7, 11) is 0. The Labute approximate surface area is 130 Å². The Balaban J connectivity index is 2.21. The molecule has 1 rings (SSSR count). The highest BCUT2D eigenvalue weighted by Crippen LogP contribution is 2.13. The van der Waals surface area contributed by atoms with Gasteiger partial charge in [-0.25, -0.2) is 4.39 Å². The van der Waals surface area contributed by atoms with E-state index in [1.54, 1.807) is 12.1 Å². The first-order valence-electron chi connectivity index (χ1n) is 8.74. The van der Waals surface area contributed by atoms with Crippen molar-refractivity contribution in [3.63, 3.8) is 0 Å². The Morgan fingerprint density at radius 1 is 0.905 bits per heavy atom. The normalized spacial score (nSPS) is 12.5. The van der Waals surface area contributed by atoms with Crippen LogP contribution < -0.4 is 5.32 Å². The van der Waals surface area contributed by atoms with Gasteiger partial charge < -0.3 is 5.32 Å². The first-order chi connectivity index (χ1) is 10.3. The van der Waals surface area contributed by atoms with Crippen molar-refractivity contribution in [1.82, 2.24) is 5.32 Å². The zero-order chi connectivity index (χ0) is 15.3. The van der Waals surface area contributed by atoms with Crippen molar-refractivity contribution >= 4 is 0 Å². The maximum Gasteiger partial charge on any atom is 0.123 e. The number of likely N-dealkylation sites (N-methyl/N-ethyl adjacent to an activating group) is 1. The smallest absolute Gasteiger partial charge is 0.123 e. The molecule has 0 aliphatic heterocycles. The van der Waals surface area contributed by atoms with Crippen LogP contribution in [0.25, 0.3) is 0 Å². The number of benzene rings is 1. The Hall–Kier alpha value is -0.890. The number of hydrogen-bond acceptors (Lipinski definition) is 1. The fourth-order valence-electron chi connectivity index (χ4n) is 2.82. The molecule has 0 bridgehead atoms. The second kappa shape index (κ2) is 11.7. The van der Waals surface area contributed by atoms with Crippen molar-refractivity contribution in [3.05, 3.63) is 35.6 Å². The van der Waals surface area contributed by atoms with Crippen LogP contribution in [0, 0.1) is 5.82 Å². The molecule has 0 aliphatic rings. The van der Waals surface area contributed by atoms with Gasteiger partial charge >= 0.3 is 0 Å². The van der Waals surface area contributed by atoms with Crippen molar-refractivity contribution < 1.29 is 4.39 Å². The molecule has 0 amide bonds. The SMILES string of the molecule is CCCCCCCCCC(Cc1ccc(F)cc1)NCC. The summed E-state index contributed by atoms with van der Waals surface area (Å²) in [6.07, 6.45) is 11.7. The molecule has 120 valence electrons. The maximum atomic E-state index is 12.9. The molecule has 1 aromatic rings. The third-order valence-electron chi connectivity index (χ3n) is 4.04. The number of rotatable bonds is 12. The van der Waals surface area contributed by atoms with Gasteiger partial charge in [-0.15, -0.1) is 0 Å². The van der Waals surface area contributed by atoms with Crippen LogP contribution in [0.3, 0.4) is 0 Å². The van der Waals surface area contributed by atoms with Gasteiger partial charge in [0.15, 0.2) is 0 Å². The summed E-state index contributed by atoms with van der Waals surface area (Å²) in [5, 5.41) is 3.56. The number of nitrogens with one attached hydrogen (secondary N) is 1. The van der Waals surface area contributed by atoms with E-state index in [0.717, 1.165) is 13.0 Å². The molecule has 0 radical (unpaired) electrons. The summed E-state index contributed by atoms with van der Waals surface area (Å²) in [5.74, 6) is -0.147. The highest BCUT2D eigenvalue weighted by molar-refractivity contribution is 5.17. The van der Waals surface area contributed by atoms with Crippen LogP contribution in [0.1, 0.15) is 70.8 Å². The van der Waals surface area contributed by atoms with Crippen LogP contribution in [0.4, 0.5) is 4.39 Å². The molecule has 21 heavy (non-hydrogen) atoms. The predicted molar refractivity (Wildman–Crippen MR) is 90.2 cm³/mol. The van der Waals surface area contributed by atoms with Gasteiger partial charge in [0.2, 0.25) is 0 Å². The summed E-state index contributed by atoms with van der Waals surface area (Å²) in [6, 6.07) is 7.46. The van der Waals surface area contributed by atoms with Crippen molar-refractivity contribution in [2.24, 2.45) is 0 Å². The van der Waals surface area contributed by atoms with Gasteiger partial charge in [0.05, 0.1) is 0 Å². The topological polar surface area (TPSA) is 12.0 Å². The summed E-state index contributed by atoms with van der Waals surface area (Å²) in [5.41, 5.74) is 1.23. The van der Waals surface area contributed by atoms with E-state index >= 15 is 0 Å². The molecule has 2 heteroatoms. The van der Waals surface area contributed by atoms with Crippen LogP contribution in [-0.4, -0.2) is 12.6 Å². The van der Waals surface area contributed by atoms with E-state index in [-0.39, 0.29) is 5.82 Å². The molecule has 0 fully saturated rings. The first-order valence-corrected chi connectivity index (χ1v) is 8.74. The maximum absolute atomic E-state index is 12.9. The molecule has 0 saturated heterocycles. The molecule has 0 aliphatic carbocycles. The number of unbranched alkanes of at least 4 members (excludes halogenated alkanes) is 6. The molecular formula is C19H32FN. The van der Waals surface area contributed by atoms with E-state index in [4.69, 9.17) is 0 Å². The van der Waals surface area contributed by atoms with Crippen molar-refractivity contribution in [1.29, 1.82) is 0 Å². The van der Waals surface area contributed by atoms with Gasteiger partial charge in [0, 0.05) is 6.04 Å². The minimum atomic E-state index is -0.147. The Morgan fingerprint density at radius 2 is 1.52 bits per heavy atom. The Morgan fingerprint density at radius 3 is 2.14 bits per heavy atom. The van der Waals surface area contributed by atoms with Gasteiger partial charge in [-0.05, 0) is 37.1 Å². The summed E-state index contributed by atoms with van der Waals surface area (Å²) in [4.78, 5) is 0. The Bertz CT molecular complexity index is 347. The van der Waals surface area contributed by atoms with Gasteiger partial charge in [0.25, 0.3) is 0 Å². The zero-order valence-corrected chi connectivity index (χ0v) is 13.8. The molecular weight excluding hydrogens is 261 g/mol. The van der Waals surface area contributed by atoms with Crippen molar-refractivity contribution in [3.8, 4) is 0 Å². The summed E-state index contributed by atoms with van der Waals surface area (Å²) < 4.78 is 12.9. The Kier molecular flexibility index (Phi) is 10.1. The highest BCUT2D eigenvalue weighted by Gasteiger charge is 2.08. The van der Waals surface area contributed by atoms with Crippen molar-refractivity contribution in [2.75, 3.05) is 6.54 Å². The lowest BCUT2D eigenvalue weighted by Crippen LogP contribution is -2.30. The minimum absolute atomic E-state index is 0.147. The molecule has 0 saturated carbocycles. The second-order valence-electron chi connectivity index (χ2n) is 6.00. The molecule has 1 unspecified atom stereocenters. The largest absolute Gasteiger partial charge is 0.314 e. The molecule has 0 aromatic heterocycles. The van der Waals surface area contributed by atoms with Gasteiger partial charge in [0.1, 0.15) is 5.82 Å². The van der Waals surface area contributed by atoms with Crippen LogP contribution in [0.5, 0.6) is 0 Å². The van der Waals surface area contributed by atoms with E-state index in [0.29, 0.717) is 6.04 Å². The highest BCUT2D eigenvalue weighted by atomic mass is 19.1. The monoisotopic (exact) mass is 293 g/mol. The van der Waals surface area contributed by atoms with E-state index in [1.165, 1.54) is 56.9 Å². The number of halogens is 1. The van der Waals surface area contributed by atoms with Gasteiger partial charge in [-0.1, -0.05) is 70.9 Å². The van der Waals surface area contributed by atoms with E-state index in [9.17, 15) is 4.39 Å². The molecule has 1 aromatic carbocycles. The average molecular weight is 293 g/mol. The summed E-state index contributed by atoms with van der Waals surface area (Å²) >= 11 is 0.